The molecule has 1 N–H and O–H groups in total. The monoisotopic (exact) mass is 313 g/mol. The molecule has 2 rings (SSSR count). The first-order valence-corrected chi connectivity index (χ1v) is 6.93. The number of nitro benzene ring substituents is 1. The summed E-state index contributed by atoms with van der Waals surface area (Å²) in [5, 5.41) is 19.8. The highest BCUT2D eigenvalue weighted by Crippen LogP contribution is 2.24. The molecule has 1 aliphatic heterocycles. The summed E-state index contributed by atoms with van der Waals surface area (Å²) >= 11 is 6.07. The predicted octanol–water partition coefficient (Wildman–Crippen LogP) is 1.45. The summed E-state index contributed by atoms with van der Waals surface area (Å²) in [6, 6.07) is 4.48. The van der Waals surface area contributed by atoms with Crippen LogP contribution in [0.3, 0.4) is 0 Å². The molecule has 8 heteroatoms. The fourth-order valence-electron chi connectivity index (χ4n) is 2.32. The zero-order valence-electron chi connectivity index (χ0n) is 11.4. The summed E-state index contributed by atoms with van der Waals surface area (Å²) in [5.74, 6) is -0.818. The highest BCUT2D eigenvalue weighted by atomic mass is 35.5. The van der Waals surface area contributed by atoms with E-state index in [0.29, 0.717) is 24.7 Å². The molecule has 0 amide bonds. The molecule has 0 bridgehead atoms. The lowest BCUT2D eigenvalue weighted by molar-refractivity contribution is -0.384. The summed E-state index contributed by atoms with van der Waals surface area (Å²) in [6.07, 6.45) is 0. The number of nitro groups is 1. The Morgan fingerprint density at radius 2 is 1.90 bits per heavy atom. The first-order chi connectivity index (χ1) is 9.95. The minimum absolute atomic E-state index is 0.0185. The fraction of sp³-hybridized carbons (Fsp3) is 0.462. The second-order valence-electron chi connectivity index (χ2n) is 4.98. The van der Waals surface area contributed by atoms with Gasteiger partial charge in [-0.15, -0.1) is 0 Å². The highest BCUT2D eigenvalue weighted by molar-refractivity contribution is 6.31. The zero-order chi connectivity index (χ0) is 15.4. The van der Waals surface area contributed by atoms with Gasteiger partial charge in [0.05, 0.1) is 16.5 Å². The Kier molecular flexibility index (Phi) is 5.11. The van der Waals surface area contributed by atoms with Crippen molar-refractivity contribution in [1.29, 1.82) is 0 Å². The van der Waals surface area contributed by atoms with E-state index >= 15 is 0 Å². The average Bonchev–Trinajstić information content (AvgIpc) is 2.42. The minimum Gasteiger partial charge on any atom is -0.480 e. The molecule has 0 saturated carbocycles. The smallest absolute Gasteiger partial charge is 0.317 e. The summed E-state index contributed by atoms with van der Waals surface area (Å²) in [4.78, 5) is 24.9. The number of non-ortho nitro benzene ring substituents is 1. The number of aliphatic carboxylic acids is 1. The van der Waals surface area contributed by atoms with E-state index in [2.05, 4.69) is 4.90 Å². The molecule has 0 spiro atoms. The SMILES string of the molecule is O=C(O)CN1CCN(Cc2ccc([N+](=O)[O-])cc2Cl)CC1. The van der Waals surface area contributed by atoms with Crippen LogP contribution in [0.1, 0.15) is 5.56 Å². The van der Waals surface area contributed by atoms with E-state index in [4.69, 9.17) is 16.7 Å². The summed E-state index contributed by atoms with van der Waals surface area (Å²) in [6.45, 7) is 3.55. The van der Waals surface area contributed by atoms with Gasteiger partial charge in [-0.1, -0.05) is 11.6 Å². The molecule has 0 aromatic heterocycles. The van der Waals surface area contributed by atoms with E-state index in [-0.39, 0.29) is 12.2 Å². The summed E-state index contributed by atoms with van der Waals surface area (Å²) in [7, 11) is 0. The third-order valence-electron chi connectivity index (χ3n) is 3.47. The van der Waals surface area contributed by atoms with Crippen LogP contribution in [0, 0.1) is 10.1 Å². The number of nitrogens with zero attached hydrogens (tertiary/aromatic N) is 3. The second kappa shape index (κ2) is 6.84. The van der Waals surface area contributed by atoms with Gasteiger partial charge in [0, 0.05) is 44.9 Å². The van der Waals surface area contributed by atoms with Crippen LogP contribution in [0.15, 0.2) is 18.2 Å². The van der Waals surface area contributed by atoms with Gasteiger partial charge in [0.15, 0.2) is 0 Å². The summed E-state index contributed by atoms with van der Waals surface area (Å²) < 4.78 is 0. The normalized spacial score (nSPS) is 16.8. The average molecular weight is 314 g/mol. The molecular weight excluding hydrogens is 298 g/mol. The molecule has 1 aromatic carbocycles. The van der Waals surface area contributed by atoms with Crippen molar-refractivity contribution in [2.75, 3.05) is 32.7 Å². The van der Waals surface area contributed by atoms with Crippen LogP contribution in [0.2, 0.25) is 5.02 Å². The van der Waals surface area contributed by atoms with E-state index < -0.39 is 10.9 Å². The topological polar surface area (TPSA) is 86.9 Å². The Labute approximate surface area is 126 Å². The third kappa shape index (κ3) is 4.38. The number of hydrogen-bond donors (Lipinski definition) is 1. The molecule has 1 aliphatic rings. The highest BCUT2D eigenvalue weighted by Gasteiger charge is 2.19. The quantitative estimate of drug-likeness (QED) is 0.654. The van der Waals surface area contributed by atoms with Gasteiger partial charge in [0.25, 0.3) is 5.69 Å². The van der Waals surface area contributed by atoms with Crippen LogP contribution >= 0.6 is 11.6 Å². The maximum atomic E-state index is 10.7. The Morgan fingerprint density at radius 3 is 2.43 bits per heavy atom. The molecule has 1 aromatic rings. The molecule has 7 nitrogen and oxygen atoms in total. The number of carboxylic acids is 1. The Balaban J connectivity index is 1.91. The largest absolute Gasteiger partial charge is 0.480 e. The van der Waals surface area contributed by atoms with Gasteiger partial charge >= 0.3 is 5.97 Å². The van der Waals surface area contributed by atoms with Crippen LogP contribution in [0.25, 0.3) is 0 Å². The molecule has 21 heavy (non-hydrogen) atoms. The van der Waals surface area contributed by atoms with Gasteiger partial charge in [0.2, 0.25) is 0 Å². The number of hydrogen-bond acceptors (Lipinski definition) is 5. The minimum atomic E-state index is -0.818. The molecule has 0 unspecified atom stereocenters. The van der Waals surface area contributed by atoms with Crippen molar-refractivity contribution >= 4 is 23.3 Å². The van der Waals surface area contributed by atoms with Crippen molar-refractivity contribution in [3.63, 3.8) is 0 Å². The molecule has 1 fully saturated rings. The zero-order valence-corrected chi connectivity index (χ0v) is 12.1. The first-order valence-electron chi connectivity index (χ1n) is 6.55. The number of carboxylic acid groups (broad SMARTS) is 1. The number of carbonyl (C=O) groups is 1. The lowest BCUT2D eigenvalue weighted by Crippen LogP contribution is -2.47. The van der Waals surface area contributed by atoms with Gasteiger partial charge in [-0.3, -0.25) is 24.7 Å². The van der Waals surface area contributed by atoms with Gasteiger partial charge in [-0.2, -0.15) is 0 Å². The van der Waals surface area contributed by atoms with Gasteiger partial charge in [-0.25, -0.2) is 0 Å². The van der Waals surface area contributed by atoms with Crippen molar-refractivity contribution in [1.82, 2.24) is 9.80 Å². The summed E-state index contributed by atoms with van der Waals surface area (Å²) in [5.41, 5.74) is 0.823. The van der Waals surface area contributed by atoms with Gasteiger partial charge in [-0.05, 0) is 11.6 Å². The lowest BCUT2D eigenvalue weighted by Gasteiger charge is -2.33. The van der Waals surface area contributed by atoms with Crippen molar-refractivity contribution in [3.8, 4) is 0 Å². The standard InChI is InChI=1S/C13H16ClN3O4/c14-12-7-11(17(20)21)2-1-10(12)8-15-3-5-16(6-4-15)9-13(18)19/h1-2,7H,3-6,8-9H2,(H,18,19). The van der Waals surface area contributed by atoms with E-state index in [0.717, 1.165) is 18.7 Å². The van der Waals surface area contributed by atoms with Crippen LogP contribution < -0.4 is 0 Å². The molecule has 1 heterocycles. The number of rotatable bonds is 5. The molecule has 114 valence electrons. The van der Waals surface area contributed by atoms with Crippen LogP contribution in [0.5, 0.6) is 0 Å². The second-order valence-corrected chi connectivity index (χ2v) is 5.39. The van der Waals surface area contributed by atoms with E-state index in [9.17, 15) is 14.9 Å². The van der Waals surface area contributed by atoms with E-state index in [1.54, 1.807) is 6.07 Å². The Morgan fingerprint density at radius 1 is 1.29 bits per heavy atom. The molecule has 0 radical (unpaired) electrons. The number of benzene rings is 1. The Bertz CT molecular complexity index is 544. The molecule has 1 saturated heterocycles. The van der Waals surface area contributed by atoms with Crippen LogP contribution in [0.4, 0.5) is 5.69 Å². The van der Waals surface area contributed by atoms with Gasteiger partial charge in [0.1, 0.15) is 0 Å². The van der Waals surface area contributed by atoms with Crippen molar-refractivity contribution < 1.29 is 14.8 Å². The van der Waals surface area contributed by atoms with E-state index in [1.807, 2.05) is 4.90 Å². The van der Waals surface area contributed by atoms with Crippen LogP contribution in [-0.2, 0) is 11.3 Å². The predicted molar refractivity (Wildman–Crippen MR) is 77.5 cm³/mol. The fourth-order valence-corrected chi connectivity index (χ4v) is 2.55. The van der Waals surface area contributed by atoms with Crippen molar-refractivity contribution in [2.45, 2.75) is 6.54 Å². The lowest BCUT2D eigenvalue weighted by atomic mass is 10.1. The van der Waals surface area contributed by atoms with Gasteiger partial charge < -0.3 is 5.11 Å². The Hall–Kier alpha value is -1.70. The maximum Gasteiger partial charge on any atom is 0.317 e. The van der Waals surface area contributed by atoms with Crippen molar-refractivity contribution in [3.05, 3.63) is 38.9 Å². The van der Waals surface area contributed by atoms with Crippen LogP contribution in [-0.4, -0.2) is 58.5 Å². The maximum absolute atomic E-state index is 10.7. The molecular formula is C13H16ClN3O4. The number of piperazine rings is 1. The molecule has 0 atom stereocenters. The molecule has 0 aliphatic carbocycles. The first kappa shape index (κ1) is 15.7. The third-order valence-corrected chi connectivity index (χ3v) is 3.82. The van der Waals surface area contributed by atoms with E-state index in [1.165, 1.54) is 12.1 Å². The van der Waals surface area contributed by atoms with Crippen molar-refractivity contribution in [2.24, 2.45) is 0 Å². The number of halogens is 1.